The van der Waals surface area contributed by atoms with Crippen molar-refractivity contribution in [3.8, 4) is 0 Å². The largest absolute Gasteiger partial charge is 0.314 e. The van der Waals surface area contributed by atoms with Gasteiger partial charge < -0.3 is 5.32 Å². The summed E-state index contributed by atoms with van der Waals surface area (Å²) in [6.07, 6.45) is 5.30. The Kier molecular flexibility index (Phi) is 2.59. The second-order valence-corrected chi connectivity index (χ2v) is 3.76. The van der Waals surface area contributed by atoms with Crippen molar-refractivity contribution in [3.05, 3.63) is 12.2 Å². The van der Waals surface area contributed by atoms with Crippen LogP contribution in [0.5, 0.6) is 0 Å². The molecule has 2 N–H and O–H groups in total. The van der Waals surface area contributed by atoms with Gasteiger partial charge in [-0.3, -0.25) is 5.10 Å². The molecule has 0 aromatic carbocycles. The van der Waals surface area contributed by atoms with Crippen LogP contribution < -0.4 is 5.32 Å². The van der Waals surface area contributed by atoms with E-state index in [0.29, 0.717) is 6.04 Å². The molecule has 13 heavy (non-hydrogen) atoms. The first-order valence-electron chi connectivity index (χ1n) is 4.94. The summed E-state index contributed by atoms with van der Waals surface area (Å²) < 4.78 is 0. The van der Waals surface area contributed by atoms with Gasteiger partial charge in [-0.2, -0.15) is 5.10 Å². The van der Waals surface area contributed by atoms with Crippen molar-refractivity contribution in [1.29, 1.82) is 0 Å². The first-order valence-corrected chi connectivity index (χ1v) is 4.94. The van der Waals surface area contributed by atoms with Crippen LogP contribution >= 0.6 is 0 Å². The van der Waals surface area contributed by atoms with Crippen molar-refractivity contribution in [2.45, 2.75) is 32.2 Å². The number of H-pyrrole nitrogens is 1. The maximum Gasteiger partial charge on any atom is 0.137 e. The SMILES string of the molecule is CC(NCCc1ncn[nH]1)C1CC1. The van der Waals surface area contributed by atoms with Gasteiger partial charge in [-0.1, -0.05) is 0 Å². The molecular weight excluding hydrogens is 164 g/mol. The highest BCUT2D eigenvalue weighted by molar-refractivity contribution is 4.85. The molecule has 0 aliphatic heterocycles. The Hall–Kier alpha value is -0.900. The van der Waals surface area contributed by atoms with E-state index in [2.05, 4.69) is 27.4 Å². The Labute approximate surface area is 78.1 Å². The molecule has 1 fully saturated rings. The topological polar surface area (TPSA) is 53.6 Å². The first-order chi connectivity index (χ1) is 6.36. The molecule has 4 nitrogen and oxygen atoms in total. The van der Waals surface area contributed by atoms with Gasteiger partial charge in [0, 0.05) is 19.0 Å². The van der Waals surface area contributed by atoms with Crippen LogP contribution in [0.2, 0.25) is 0 Å². The molecule has 0 bridgehead atoms. The van der Waals surface area contributed by atoms with Gasteiger partial charge in [0.25, 0.3) is 0 Å². The Balaban J connectivity index is 1.63. The highest BCUT2D eigenvalue weighted by Crippen LogP contribution is 2.32. The minimum Gasteiger partial charge on any atom is -0.314 e. The summed E-state index contributed by atoms with van der Waals surface area (Å²) >= 11 is 0. The van der Waals surface area contributed by atoms with Crippen molar-refractivity contribution in [1.82, 2.24) is 20.5 Å². The zero-order chi connectivity index (χ0) is 9.10. The molecule has 1 aliphatic rings. The second-order valence-electron chi connectivity index (χ2n) is 3.76. The molecule has 0 spiro atoms. The van der Waals surface area contributed by atoms with Crippen molar-refractivity contribution >= 4 is 0 Å². The molecule has 1 aromatic rings. The highest BCUT2D eigenvalue weighted by atomic mass is 15.2. The molecule has 1 aliphatic carbocycles. The van der Waals surface area contributed by atoms with E-state index >= 15 is 0 Å². The van der Waals surface area contributed by atoms with E-state index in [0.717, 1.165) is 24.7 Å². The van der Waals surface area contributed by atoms with E-state index in [4.69, 9.17) is 0 Å². The molecule has 4 heteroatoms. The van der Waals surface area contributed by atoms with E-state index in [9.17, 15) is 0 Å². The minimum atomic E-state index is 0.669. The normalized spacial score (nSPS) is 18.8. The van der Waals surface area contributed by atoms with Gasteiger partial charge in [-0.15, -0.1) is 0 Å². The number of nitrogens with zero attached hydrogens (tertiary/aromatic N) is 2. The lowest BCUT2D eigenvalue weighted by atomic mass is 10.2. The summed E-state index contributed by atoms with van der Waals surface area (Å²) in [5.74, 6) is 1.89. The van der Waals surface area contributed by atoms with Gasteiger partial charge in [-0.05, 0) is 25.7 Å². The van der Waals surface area contributed by atoms with E-state index in [1.807, 2.05) is 0 Å². The monoisotopic (exact) mass is 180 g/mol. The Morgan fingerprint density at radius 3 is 3.15 bits per heavy atom. The number of hydrogen-bond acceptors (Lipinski definition) is 3. The number of aromatic amines is 1. The summed E-state index contributed by atoms with van der Waals surface area (Å²) in [6, 6.07) is 0.669. The smallest absolute Gasteiger partial charge is 0.137 e. The third-order valence-corrected chi connectivity index (χ3v) is 2.62. The minimum absolute atomic E-state index is 0.669. The quantitative estimate of drug-likeness (QED) is 0.702. The summed E-state index contributed by atoms with van der Waals surface area (Å²) in [5, 5.41) is 10.2. The average Bonchev–Trinajstić information content (AvgIpc) is 2.86. The molecule has 1 unspecified atom stereocenters. The van der Waals surface area contributed by atoms with Crippen molar-refractivity contribution < 1.29 is 0 Å². The zero-order valence-corrected chi connectivity index (χ0v) is 7.95. The van der Waals surface area contributed by atoms with E-state index in [1.165, 1.54) is 12.8 Å². The summed E-state index contributed by atoms with van der Waals surface area (Å²) in [6.45, 7) is 3.25. The summed E-state index contributed by atoms with van der Waals surface area (Å²) in [4.78, 5) is 4.07. The third-order valence-electron chi connectivity index (χ3n) is 2.62. The van der Waals surface area contributed by atoms with Crippen LogP contribution in [0.4, 0.5) is 0 Å². The maximum absolute atomic E-state index is 4.07. The van der Waals surface area contributed by atoms with Gasteiger partial charge in [-0.25, -0.2) is 4.98 Å². The fourth-order valence-corrected chi connectivity index (χ4v) is 1.53. The molecule has 1 saturated carbocycles. The zero-order valence-electron chi connectivity index (χ0n) is 7.95. The molecule has 1 atom stereocenters. The number of nitrogens with one attached hydrogen (secondary N) is 2. The van der Waals surface area contributed by atoms with Crippen molar-refractivity contribution in [3.63, 3.8) is 0 Å². The van der Waals surface area contributed by atoms with Gasteiger partial charge >= 0.3 is 0 Å². The molecule has 0 radical (unpaired) electrons. The lowest BCUT2D eigenvalue weighted by Crippen LogP contribution is -2.29. The fraction of sp³-hybridized carbons (Fsp3) is 0.778. The van der Waals surface area contributed by atoms with E-state index < -0.39 is 0 Å². The Bertz CT molecular complexity index is 240. The predicted molar refractivity (Wildman–Crippen MR) is 50.3 cm³/mol. The van der Waals surface area contributed by atoms with Gasteiger partial charge in [0.05, 0.1) is 0 Å². The Morgan fingerprint density at radius 2 is 2.54 bits per heavy atom. The molecular formula is C9H16N4. The second kappa shape index (κ2) is 3.87. The summed E-state index contributed by atoms with van der Waals surface area (Å²) in [5.41, 5.74) is 0. The number of aromatic nitrogens is 3. The fourth-order valence-electron chi connectivity index (χ4n) is 1.53. The number of rotatable bonds is 5. The van der Waals surface area contributed by atoms with Crippen LogP contribution in [-0.2, 0) is 6.42 Å². The molecule has 2 rings (SSSR count). The Morgan fingerprint density at radius 1 is 1.69 bits per heavy atom. The van der Waals surface area contributed by atoms with Crippen LogP contribution in [0, 0.1) is 5.92 Å². The van der Waals surface area contributed by atoms with Crippen LogP contribution in [0.1, 0.15) is 25.6 Å². The molecule has 1 aromatic heterocycles. The van der Waals surface area contributed by atoms with Gasteiger partial charge in [0.1, 0.15) is 12.2 Å². The average molecular weight is 180 g/mol. The standard InChI is InChI=1S/C9H16N4/c1-7(8-2-3-8)10-5-4-9-11-6-12-13-9/h6-8,10H,2-5H2,1H3,(H,11,12,13). The van der Waals surface area contributed by atoms with Crippen molar-refractivity contribution in [2.24, 2.45) is 5.92 Å². The van der Waals surface area contributed by atoms with E-state index in [1.54, 1.807) is 6.33 Å². The molecule has 1 heterocycles. The van der Waals surface area contributed by atoms with E-state index in [-0.39, 0.29) is 0 Å². The molecule has 72 valence electrons. The lowest BCUT2D eigenvalue weighted by Gasteiger charge is -2.11. The van der Waals surface area contributed by atoms with Crippen LogP contribution in [-0.4, -0.2) is 27.8 Å². The van der Waals surface area contributed by atoms with Crippen LogP contribution in [0.25, 0.3) is 0 Å². The maximum atomic E-state index is 4.07. The highest BCUT2D eigenvalue weighted by Gasteiger charge is 2.27. The molecule has 0 saturated heterocycles. The van der Waals surface area contributed by atoms with Crippen LogP contribution in [0.3, 0.4) is 0 Å². The predicted octanol–water partition coefficient (Wildman–Crippen LogP) is 0.735. The van der Waals surface area contributed by atoms with Gasteiger partial charge in [0.15, 0.2) is 0 Å². The first kappa shape index (κ1) is 8.69. The summed E-state index contributed by atoms with van der Waals surface area (Å²) in [7, 11) is 0. The number of hydrogen-bond donors (Lipinski definition) is 2. The van der Waals surface area contributed by atoms with Crippen LogP contribution in [0.15, 0.2) is 6.33 Å². The third kappa shape index (κ3) is 2.52. The molecule has 0 amide bonds. The lowest BCUT2D eigenvalue weighted by molar-refractivity contribution is 0.497. The van der Waals surface area contributed by atoms with Crippen molar-refractivity contribution in [2.75, 3.05) is 6.54 Å². The van der Waals surface area contributed by atoms with Gasteiger partial charge in [0.2, 0.25) is 0 Å².